The van der Waals surface area contributed by atoms with Gasteiger partial charge in [-0.25, -0.2) is 0 Å². The third-order valence-electron chi connectivity index (χ3n) is 3.77. The third-order valence-corrected chi connectivity index (χ3v) is 4.07. The summed E-state index contributed by atoms with van der Waals surface area (Å²) >= 11 is 6.14. The Hall–Kier alpha value is -1.55. The first-order valence-corrected chi connectivity index (χ1v) is 7.95. The number of rotatable bonds is 8. The fourth-order valence-corrected chi connectivity index (χ4v) is 2.84. The average Bonchev–Trinajstić information content (AvgIpc) is 2.83. The number of aromatic nitrogens is 2. The number of carbonyl (C=O) groups excluding carboxylic acids is 1. The fraction of sp³-hybridized carbons (Fsp3) is 0.500. The van der Waals surface area contributed by atoms with Gasteiger partial charge in [-0.05, 0) is 12.5 Å². The molecule has 114 valence electrons. The predicted octanol–water partition coefficient (Wildman–Crippen LogP) is 4.15. The van der Waals surface area contributed by atoms with Gasteiger partial charge >= 0.3 is 0 Å². The third kappa shape index (κ3) is 3.76. The lowest BCUT2D eigenvalue weighted by molar-refractivity contribution is 0.0991. The van der Waals surface area contributed by atoms with Gasteiger partial charge in [0.2, 0.25) is 0 Å². The molecular formula is C16H22ClN3O. The van der Waals surface area contributed by atoms with Crippen LogP contribution in [0.2, 0.25) is 5.02 Å². The predicted molar refractivity (Wildman–Crippen MR) is 86.6 cm³/mol. The van der Waals surface area contributed by atoms with Gasteiger partial charge in [-0.2, -0.15) is 0 Å². The van der Waals surface area contributed by atoms with E-state index in [2.05, 4.69) is 11.9 Å². The molecule has 0 radical (unpaired) electrons. The number of amides is 1. The Kier molecular flexibility index (Phi) is 5.62. The average molecular weight is 308 g/mol. The molecule has 0 fully saturated rings. The summed E-state index contributed by atoms with van der Waals surface area (Å²) in [5, 5.41) is 1.39. The van der Waals surface area contributed by atoms with Gasteiger partial charge in [-0.15, -0.1) is 0 Å². The molecule has 4 nitrogen and oxygen atoms in total. The first-order valence-electron chi connectivity index (χ1n) is 7.57. The lowest BCUT2D eigenvalue weighted by atomic mass is 10.1. The van der Waals surface area contributed by atoms with Crippen molar-refractivity contribution in [2.24, 2.45) is 5.73 Å². The van der Waals surface area contributed by atoms with Gasteiger partial charge in [0.15, 0.2) is 0 Å². The van der Waals surface area contributed by atoms with Gasteiger partial charge in [0.25, 0.3) is 5.91 Å². The van der Waals surface area contributed by atoms with E-state index < -0.39 is 5.91 Å². The van der Waals surface area contributed by atoms with Crippen molar-refractivity contribution >= 4 is 28.4 Å². The zero-order chi connectivity index (χ0) is 15.2. The van der Waals surface area contributed by atoms with Crippen LogP contribution < -0.4 is 5.73 Å². The number of primary amides is 1. The molecule has 2 rings (SSSR count). The summed E-state index contributed by atoms with van der Waals surface area (Å²) < 4.78 is 1.94. The molecule has 2 aromatic heterocycles. The zero-order valence-corrected chi connectivity index (χ0v) is 13.2. The van der Waals surface area contributed by atoms with Crippen LogP contribution in [0.5, 0.6) is 0 Å². The first-order chi connectivity index (χ1) is 10.1. The van der Waals surface area contributed by atoms with E-state index in [1.165, 1.54) is 25.7 Å². The fourth-order valence-electron chi connectivity index (χ4n) is 2.63. The Bertz CT molecular complexity index is 621. The van der Waals surface area contributed by atoms with Crippen molar-refractivity contribution in [1.29, 1.82) is 0 Å². The number of nitrogens with two attached hydrogens (primary N) is 1. The second kappa shape index (κ2) is 7.46. The lowest BCUT2D eigenvalue weighted by Crippen LogP contribution is -2.17. The number of fused-ring (bicyclic) bond motifs is 1. The maximum Gasteiger partial charge on any atom is 0.265 e. The van der Waals surface area contributed by atoms with Gasteiger partial charge in [0, 0.05) is 18.1 Å². The lowest BCUT2D eigenvalue weighted by Gasteiger charge is -2.08. The second-order valence-electron chi connectivity index (χ2n) is 5.37. The number of hydrogen-bond acceptors (Lipinski definition) is 2. The molecule has 1 amide bonds. The maximum absolute atomic E-state index is 11.6. The van der Waals surface area contributed by atoms with Gasteiger partial charge in [0.05, 0.1) is 16.7 Å². The summed E-state index contributed by atoms with van der Waals surface area (Å²) in [4.78, 5) is 15.7. The van der Waals surface area contributed by atoms with Crippen LogP contribution >= 0.6 is 11.6 Å². The molecule has 0 spiro atoms. The number of halogens is 1. The monoisotopic (exact) mass is 307 g/mol. The highest BCUT2D eigenvalue weighted by molar-refractivity contribution is 6.35. The van der Waals surface area contributed by atoms with Crippen molar-refractivity contribution in [3.8, 4) is 0 Å². The van der Waals surface area contributed by atoms with Crippen LogP contribution in [0.1, 0.15) is 55.9 Å². The van der Waals surface area contributed by atoms with E-state index in [1.807, 2.05) is 4.57 Å². The summed E-state index contributed by atoms with van der Waals surface area (Å²) in [5.41, 5.74) is 6.86. The quantitative estimate of drug-likeness (QED) is 0.745. The van der Waals surface area contributed by atoms with Crippen molar-refractivity contribution in [2.75, 3.05) is 0 Å². The minimum absolute atomic E-state index is 0.423. The van der Waals surface area contributed by atoms with E-state index in [1.54, 1.807) is 18.5 Å². The van der Waals surface area contributed by atoms with E-state index in [9.17, 15) is 4.79 Å². The molecule has 5 heteroatoms. The van der Waals surface area contributed by atoms with Gasteiger partial charge in [-0.3, -0.25) is 9.78 Å². The van der Waals surface area contributed by atoms with E-state index in [0.717, 1.165) is 30.3 Å². The van der Waals surface area contributed by atoms with Crippen LogP contribution in [0.4, 0.5) is 0 Å². The smallest absolute Gasteiger partial charge is 0.265 e. The highest BCUT2D eigenvalue weighted by Crippen LogP contribution is 2.26. The maximum atomic E-state index is 11.6. The summed E-state index contributed by atoms with van der Waals surface area (Å²) in [6, 6.07) is 1.76. The Morgan fingerprint density at radius 3 is 2.67 bits per heavy atom. The number of carbonyl (C=O) groups is 1. The molecule has 0 aliphatic carbocycles. The molecule has 2 heterocycles. The minimum Gasteiger partial charge on any atom is -0.364 e. The van der Waals surface area contributed by atoms with Crippen LogP contribution in [0.15, 0.2) is 18.5 Å². The molecule has 0 saturated carbocycles. The summed E-state index contributed by atoms with van der Waals surface area (Å²) in [6.07, 6.45) is 10.6. The number of pyridine rings is 1. The first kappa shape index (κ1) is 15.8. The molecule has 0 aliphatic heterocycles. The normalized spacial score (nSPS) is 11.1. The SMILES string of the molecule is CCCCCCCCn1c(C(N)=O)cc2c(Cl)cncc21. The summed E-state index contributed by atoms with van der Waals surface area (Å²) in [5.74, 6) is -0.423. The van der Waals surface area contributed by atoms with Gasteiger partial charge in [0.1, 0.15) is 5.69 Å². The van der Waals surface area contributed by atoms with Crippen LogP contribution in [0, 0.1) is 0 Å². The van der Waals surface area contributed by atoms with Crippen LogP contribution in [-0.2, 0) is 6.54 Å². The van der Waals surface area contributed by atoms with Crippen LogP contribution in [0.25, 0.3) is 10.9 Å². The van der Waals surface area contributed by atoms with Gasteiger partial charge in [-0.1, -0.05) is 50.6 Å². The van der Waals surface area contributed by atoms with E-state index in [0.29, 0.717) is 10.7 Å². The highest BCUT2D eigenvalue weighted by Gasteiger charge is 2.14. The summed E-state index contributed by atoms with van der Waals surface area (Å²) in [7, 11) is 0. The molecule has 0 unspecified atom stereocenters. The Morgan fingerprint density at radius 2 is 1.95 bits per heavy atom. The zero-order valence-electron chi connectivity index (χ0n) is 12.4. The van der Waals surface area contributed by atoms with E-state index >= 15 is 0 Å². The number of nitrogens with zero attached hydrogens (tertiary/aromatic N) is 2. The van der Waals surface area contributed by atoms with Crippen LogP contribution in [-0.4, -0.2) is 15.5 Å². The Balaban J connectivity index is 2.12. The molecule has 0 aliphatic rings. The largest absolute Gasteiger partial charge is 0.364 e. The molecular weight excluding hydrogens is 286 g/mol. The minimum atomic E-state index is -0.423. The Labute approximate surface area is 130 Å². The molecule has 0 aromatic carbocycles. The van der Waals surface area contributed by atoms with E-state index in [4.69, 9.17) is 17.3 Å². The Morgan fingerprint density at radius 1 is 1.24 bits per heavy atom. The van der Waals surface area contributed by atoms with Gasteiger partial charge < -0.3 is 10.3 Å². The van der Waals surface area contributed by atoms with Crippen molar-refractivity contribution in [3.63, 3.8) is 0 Å². The molecule has 2 aromatic rings. The molecule has 0 atom stereocenters. The molecule has 0 saturated heterocycles. The molecule has 21 heavy (non-hydrogen) atoms. The number of unbranched alkanes of at least 4 members (excludes halogenated alkanes) is 5. The number of aryl methyl sites for hydroxylation is 1. The second-order valence-corrected chi connectivity index (χ2v) is 5.77. The highest BCUT2D eigenvalue weighted by atomic mass is 35.5. The number of hydrogen-bond donors (Lipinski definition) is 1. The topological polar surface area (TPSA) is 60.9 Å². The van der Waals surface area contributed by atoms with Crippen molar-refractivity contribution in [3.05, 3.63) is 29.2 Å². The van der Waals surface area contributed by atoms with Crippen molar-refractivity contribution < 1.29 is 4.79 Å². The van der Waals surface area contributed by atoms with E-state index in [-0.39, 0.29) is 0 Å². The summed E-state index contributed by atoms with van der Waals surface area (Å²) in [6.45, 7) is 2.98. The van der Waals surface area contributed by atoms with Crippen LogP contribution in [0.3, 0.4) is 0 Å². The van der Waals surface area contributed by atoms with Crippen molar-refractivity contribution in [1.82, 2.24) is 9.55 Å². The standard InChI is InChI=1S/C16H22ClN3O/c1-2-3-4-5-6-7-8-20-14(16(18)21)9-12-13(17)10-19-11-15(12)20/h9-11H,2-8H2,1H3,(H2,18,21). The van der Waals surface area contributed by atoms with Crippen molar-refractivity contribution in [2.45, 2.75) is 52.0 Å². The molecule has 0 bridgehead atoms. The molecule has 2 N–H and O–H groups in total.